The number of hydrogen-bond donors (Lipinski definition) is 2. The highest BCUT2D eigenvalue weighted by Gasteiger charge is 2.30. The van der Waals surface area contributed by atoms with E-state index in [0.717, 1.165) is 31.4 Å². The normalized spacial score (nSPS) is 28.6. The summed E-state index contributed by atoms with van der Waals surface area (Å²) < 4.78 is 5.63. The number of aliphatic imine (C=N–C) groups is 2. The molecule has 1 heterocycles. The van der Waals surface area contributed by atoms with Crippen molar-refractivity contribution in [2.75, 3.05) is 18.9 Å². The quantitative estimate of drug-likeness (QED) is 0.292. The number of amidine groups is 1. The highest BCUT2D eigenvalue weighted by molar-refractivity contribution is 7.99. The van der Waals surface area contributed by atoms with E-state index in [1.54, 1.807) is 11.8 Å². The molecule has 24 heavy (non-hydrogen) atoms. The van der Waals surface area contributed by atoms with Gasteiger partial charge in [0, 0.05) is 6.04 Å². The Morgan fingerprint density at radius 3 is 3.00 bits per heavy atom. The maximum absolute atomic E-state index is 10.1. The maximum atomic E-state index is 10.1. The third kappa shape index (κ3) is 5.42. The second kappa shape index (κ2) is 9.95. The minimum atomic E-state index is -0.266. The molecule has 3 atom stereocenters. The van der Waals surface area contributed by atoms with Gasteiger partial charge < -0.3 is 15.9 Å². The van der Waals surface area contributed by atoms with E-state index >= 15 is 0 Å². The molecule has 3 N–H and O–H groups in total. The summed E-state index contributed by atoms with van der Waals surface area (Å²) in [4.78, 5) is 19.0. The predicted octanol–water partition coefficient (Wildman–Crippen LogP) is 2.07. The monoisotopic (exact) mass is 374 g/mol. The molecule has 0 aromatic heterocycles. The van der Waals surface area contributed by atoms with Crippen molar-refractivity contribution in [2.24, 2.45) is 26.1 Å². The van der Waals surface area contributed by atoms with Crippen LogP contribution < -0.4 is 11.2 Å². The Morgan fingerprint density at radius 2 is 2.29 bits per heavy atom. The molecule has 0 saturated heterocycles. The van der Waals surface area contributed by atoms with Crippen LogP contribution in [0.1, 0.15) is 32.6 Å². The van der Waals surface area contributed by atoms with Crippen molar-refractivity contribution in [2.45, 2.75) is 50.3 Å². The van der Waals surface area contributed by atoms with Crippen molar-refractivity contribution >= 4 is 40.1 Å². The summed E-state index contributed by atoms with van der Waals surface area (Å²) in [6, 6.07) is 0.203. The molecule has 0 aromatic rings. The molecule has 1 unspecified atom stereocenters. The lowest BCUT2D eigenvalue weighted by atomic mass is 10.2. The Hall–Kier alpha value is -1.19. The molecule has 1 fully saturated rings. The Labute approximate surface area is 150 Å². The lowest BCUT2D eigenvalue weighted by Crippen LogP contribution is -2.43. The summed E-state index contributed by atoms with van der Waals surface area (Å²) in [6.07, 6.45) is 3.87. The summed E-state index contributed by atoms with van der Waals surface area (Å²) in [5.41, 5.74) is 0.122. The first-order valence-electron chi connectivity index (χ1n) is 8.06. The molecule has 2 rings (SSSR count). The van der Waals surface area contributed by atoms with E-state index in [2.05, 4.69) is 32.5 Å². The van der Waals surface area contributed by atoms with Crippen molar-refractivity contribution in [3.63, 3.8) is 0 Å². The largest absolute Gasteiger partial charge is 0.376 e. The summed E-state index contributed by atoms with van der Waals surface area (Å²) in [6.45, 7) is 2.66. The second-order valence-electron chi connectivity index (χ2n) is 5.57. The zero-order chi connectivity index (χ0) is 17.4. The number of thioether (sulfide) groups is 1. The van der Waals surface area contributed by atoms with E-state index in [-0.39, 0.29) is 29.4 Å². The molecule has 0 radical (unpaired) electrons. The third-order valence-electron chi connectivity index (χ3n) is 3.74. The first kappa shape index (κ1) is 19.1. The summed E-state index contributed by atoms with van der Waals surface area (Å²) in [5, 5.41) is 10.2. The fourth-order valence-electron chi connectivity index (χ4n) is 2.65. The summed E-state index contributed by atoms with van der Waals surface area (Å²) >= 11 is 7.82. The minimum absolute atomic E-state index is 0.126. The Bertz CT molecular complexity index is 527. The van der Waals surface area contributed by atoms with Gasteiger partial charge in [-0.05, 0) is 31.4 Å². The van der Waals surface area contributed by atoms with Crippen LogP contribution in [0.2, 0.25) is 0 Å². The molecule has 0 aromatic carbocycles. The van der Waals surface area contributed by atoms with Crippen LogP contribution in [0.25, 0.3) is 0 Å². The Kier molecular flexibility index (Phi) is 7.93. The van der Waals surface area contributed by atoms with Crippen molar-refractivity contribution < 1.29 is 4.74 Å². The van der Waals surface area contributed by atoms with E-state index < -0.39 is 0 Å². The van der Waals surface area contributed by atoms with Crippen LogP contribution >= 0.6 is 23.4 Å². The standard InChI is InChI=1S/C14H23ClN6O2S/c1-2-7-24-14-19-12(15)11(21-16)13(20-14)18-9-3-4-10(8-9)23-6-5-17-22/h9-10,14H,2-8,16H2,1H3,(H,18,20)/t9-,10+,14?/m0/s1. The van der Waals surface area contributed by atoms with Crippen molar-refractivity contribution in [3.05, 3.63) is 4.91 Å². The van der Waals surface area contributed by atoms with Crippen LogP contribution in [-0.4, -0.2) is 53.3 Å². The van der Waals surface area contributed by atoms with Gasteiger partial charge in [0.25, 0.3) is 0 Å². The van der Waals surface area contributed by atoms with Crippen LogP contribution in [0.3, 0.4) is 0 Å². The molecular formula is C14H23ClN6O2S. The first-order valence-corrected chi connectivity index (χ1v) is 9.49. The fourth-order valence-corrected chi connectivity index (χ4v) is 3.74. The number of nitrogens with two attached hydrogens (primary N) is 1. The van der Waals surface area contributed by atoms with Crippen LogP contribution in [-0.2, 0) is 4.74 Å². The molecule has 10 heteroatoms. The molecule has 0 amide bonds. The SMILES string of the molecule is CCCSC1N=C(Cl)C(=NN)C(N[C@H]2CC[C@@H](OCCN=O)C2)=N1. The molecule has 0 spiro atoms. The number of rotatable bonds is 8. The number of halogens is 1. The van der Waals surface area contributed by atoms with Crippen LogP contribution in [0.5, 0.6) is 0 Å². The van der Waals surface area contributed by atoms with Crippen molar-refractivity contribution in [1.29, 1.82) is 0 Å². The van der Waals surface area contributed by atoms with Gasteiger partial charge in [-0.1, -0.05) is 23.7 Å². The van der Waals surface area contributed by atoms with E-state index in [0.29, 0.717) is 18.2 Å². The second-order valence-corrected chi connectivity index (χ2v) is 7.09. The molecule has 8 nitrogen and oxygen atoms in total. The van der Waals surface area contributed by atoms with E-state index in [1.807, 2.05) is 0 Å². The van der Waals surface area contributed by atoms with Gasteiger partial charge in [-0.15, -0.1) is 11.8 Å². The van der Waals surface area contributed by atoms with Crippen molar-refractivity contribution in [3.8, 4) is 0 Å². The van der Waals surface area contributed by atoms with Gasteiger partial charge in [0.2, 0.25) is 0 Å². The smallest absolute Gasteiger partial charge is 0.190 e. The fraction of sp³-hybridized carbons (Fsp3) is 0.786. The maximum Gasteiger partial charge on any atom is 0.190 e. The Balaban J connectivity index is 1.93. The third-order valence-corrected chi connectivity index (χ3v) is 5.17. The van der Waals surface area contributed by atoms with Gasteiger partial charge in [0.05, 0.1) is 12.7 Å². The molecule has 1 aliphatic heterocycles. The van der Waals surface area contributed by atoms with Gasteiger partial charge in [-0.2, -0.15) is 10.0 Å². The molecule has 1 aliphatic carbocycles. The molecular weight excluding hydrogens is 352 g/mol. The summed E-state index contributed by atoms with van der Waals surface area (Å²) in [7, 11) is 0. The van der Waals surface area contributed by atoms with E-state index in [9.17, 15) is 4.91 Å². The molecule has 134 valence electrons. The lowest BCUT2D eigenvalue weighted by molar-refractivity contribution is 0.0629. The molecule has 0 bridgehead atoms. The molecule has 2 aliphatic rings. The summed E-state index contributed by atoms with van der Waals surface area (Å²) in [5.74, 6) is 6.98. The van der Waals surface area contributed by atoms with E-state index in [1.165, 1.54) is 0 Å². The number of nitrogens with zero attached hydrogens (tertiary/aromatic N) is 4. The first-order chi connectivity index (χ1) is 11.7. The topological polar surface area (TPSA) is 114 Å². The van der Waals surface area contributed by atoms with Crippen LogP contribution in [0.15, 0.2) is 20.3 Å². The Morgan fingerprint density at radius 1 is 1.46 bits per heavy atom. The van der Waals surface area contributed by atoms with Gasteiger partial charge >= 0.3 is 0 Å². The van der Waals surface area contributed by atoms with Gasteiger partial charge in [-0.25, -0.2) is 9.98 Å². The average molecular weight is 375 g/mol. The van der Waals surface area contributed by atoms with Crippen LogP contribution in [0, 0.1) is 4.91 Å². The highest BCUT2D eigenvalue weighted by atomic mass is 35.5. The number of hydrazone groups is 1. The van der Waals surface area contributed by atoms with Gasteiger partial charge in [-0.3, -0.25) is 0 Å². The number of nitrogens with one attached hydrogen (secondary N) is 1. The predicted molar refractivity (Wildman–Crippen MR) is 100 cm³/mol. The lowest BCUT2D eigenvalue weighted by Gasteiger charge is -2.22. The number of ether oxygens (including phenoxy) is 1. The van der Waals surface area contributed by atoms with Crippen LogP contribution in [0.4, 0.5) is 0 Å². The van der Waals surface area contributed by atoms with Gasteiger partial charge in [0.15, 0.2) is 22.2 Å². The number of nitroso groups, excluding NO2 is 1. The van der Waals surface area contributed by atoms with E-state index in [4.69, 9.17) is 22.2 Å². The van der Waals surface area contributed by atoms with Crippen molar-refractivity contribution in [1.82, 2.24) is 5.32 Å². The number of hydrogen-bond acceptors (Lipinski definition) is 9. The highest BCUT2D eigenvalue weighted by Crippen LogP contribution is 2.24. The van der Waals surface area contributed by atoms with Gasteiger partial charge in [0.1, 0.15) is 6.54 Å². The zero-order valence-corrected chi connectivity index (χ0v) is 15.2. The minimum Gasteiger partial charge on any atom is -0.376 e. The molecule has 1 saturated carbocycles. The average Bonchev–Trinajstić information content (AvgIpc) is 3.00. The zero-order valence-electron chi connectivity index (χ0n) is 13.7.